The lowest BCUT2D eigenvalue weighted by Gasteiger charge is -2.48. The quantitative estimate of drug-likeness (QED) is 0.919. The summed E-state index contributed by atoms with van der Waals surface area (Å²) in [5.74, 6) is 0.345. The number of aryl methyl sites for hydroxylation is 1. The van der Waals surface area contributed by atoms with E-state index in [-0.39, 0.29) is 17.2 Å². The van der Waals surface area contributed by atoms with E-state index in [1.807, 2.05) is 16.7 Å². The van der Waals surface area contributed by atoms with Crippen LogP contribution in [0.25, 0.3) is 0 Å². The van der Waals surface area contributed by atoms with E-state index in [4.69, 9.17) is 0 Å². The summed E-state index contributed by atoms with van der Waals surface area (Å²) in [5.41, 5.74) is 1.73. The number of nitrogens with one attached hydrogen (secondary N) is 1. The Hall–Kier alpha value is -1.85. The maximum atomic E-state index is 13.0. The summed E-state index contributed by atoms with van der Waals surface area (Å²) in [7, 11) is 0. The molecule has 1 N–H and O–H groups in total. The van der Waals surface area contributed by atoms with Crippen molar-refractivity contribution in [1.29, 1.82) is 0 Å². The van der Waals surface area contributed by atoms with Gasteiger partial charge in [0.1, 0.15) is 0 Å². The molecule has 3 rings (SSSR count). The fourth-order valence-corrected chi connectivity index (χ4v) is 4.21. The molecule has 2 aliphatic rings. The van der Waals surface area contributed by atoms with Crippen LogP contribution in [0.2, 0.25) is 0 Å². The Bertz CT molecular complexity index is 612. The van der Waals surface area contributed by atoms with Gasteiger partial charge in [-0.25, -0.2) is 0 Å². The third-order valence-corrected chi connectivity index (χ3v) is 5.53. The Balaban J connectivity index is 1.74. The van der Waals surface area contributed by atoms with Crippen LogP contribution < -0.4 is 0 Å². The van der Waals surface area contributed by atoms with E-state index in [0.29, 0.717) is 12.0 Å². The van der Waals surface area contributed by atoms with Gasteiger partial charge in [0.05, 0.1) is 11.8 Å². The second-order valence-electron chi connectivity index (χ2n) is 7.25. The van der Waals surface area contributed by atoms with Crippen molar-refractivity contribution in [3.05, 3.63) is 17.5 Å². The van der Waals surface area contributed by atoms with Crippen molar-refractivity contribution >= 4 is 11.8 Å². The number of carbonyl (C=O) groups is 2. The number of hydrogen-bond donors (Lipinski definition) is 1. The molecule has 2 saturated heterocycles. The molecule has 0 bridgehead atoms. The van der Waals surface area contributed by atoms with Crippen molar-refractivity contribution in [1.82, 2.24) is 20.0 Å². The smallest absolute Gasteiger partial charge is 0.257 e. The monoisotopic (exact) mass is 332 g/mol. The Morgan fingerprint density at radius 1 is 1.33 bits per heavy atom. The van der Waals surface area contributed by atoms with E-state index in [1.54, 1.807) is 6.20 Å². The van der Waals surface area contributed by atoms with Gasteiger partial charge in [-0.1, -0.05) is 13.3 Å². The maximum Gasteiger partial charge on any atom is 0.257 e. The van der Waals surface area contributed by atoms with Crippen LogP contribution in [0.3, 0.4) is 0 Å². The average molecular weight is 332 g/mol. The van der Waals surface area contributed by atoms with Gasteiger partial charge in [-0.3, -0.25) is 14.7 Å². The summed E-state index contributed by atoms with van der Waals surface area (Å²) < 4.78 is 0. The van der Waals surface area contributed by atoms with Crippen molar-refractivity contribution in [2.24, 2.45) is 5.41 Å². The topological polar surface area (TPSA) is 69.3 Å². The zero-order valence-corrected chi connectivity index (χ0v) is 14.8. The van der Waals surface area contributed by atoms with Gasteiger partial charge in [0, 0.05) is 43.7 Å². The summed E-state index contributed by atoms with van der Waals surface area (Å²) in [5, 5.41) is 7.04. The molecule has 3 heterocycles. The molecule has 0 unspecified atom stereocenters. The van der Waals surface area contributed by atoms with E-state index < -0.39 is 0 Å². The molecule has 6 heteroatoms. The highest BCUT2D eigenvalue weighted by Gasteiger charge is 2.42. The van der Waals surface area contributed by atoms with Gasteiger partial charge < -0.3 is 9.80 Å². The molecular weight excluding hydrogens is 304 g/mol. The van der Waals surface area contributed by atoms with Gasteiger partial charge in [0.15, 0.2) is 0 Å². The van der Waals surface area contributed by atoms with Crippen molar-refractivity contribution in [3.8, 4) is 0 Å². The first-order chi connectivity index (χ1) is 11.6. The number of aromatic nitrogens is 2. The second-order valence-corrected chi connectivity index (χ2v) is 7.25. The van der Waals surface area contributed by atoms with E-state index in [9.17, 15) is 9.59 Å². The van der Waals surface area contributed by atoms with Crippen molar-refractivity contribution in [2.45, 2.75) is 52.4 Å². The first kappa shape index (κ1) is 17.0. The highest BCUT2D eigenvalue weighted by Crippen LogP contribution is 2.39. The molecule has 2 aliphatic heterocycles. The van der Waals surface area contributed by atoms with Crippen LogP contribution in [0.5, 0.6) is 0 Å². The van der Waals surface area contributed by atoms with Crippen LogP contribution >= 0.6 is 0 Å². The fourth-order valence-electron chi connectivity index (χ4n) is 4.21. The molecule has 1 aromatic heterocycles. The molecule has 6 nitrogen and oxygen atoms in total. The lowest BCUT2D eigenvalue weighted by atomic mass is 9.73. The third-order valence-electron chi connectivity index (χ3n) is 5.53. The van der Waals surface area contributed by atoms with E-state index in [2.05, 4.69) is 17.1 Å². The molecule has 2 amide bonds. The van der Waals surface area contributed by atoms with E-state index in [0.717, 1.165) is 64.0 Å². The van der Waals surface area contributed by atoms with Gasteiger partial charge in [0.25, 0.3) is 5.91 Å². The summed E-state index contributed by atoms with van der Waals surface area (Å²) >= 11 is 0. The minimum atomic E-state index is 0.0759. The maximum absolute atomic E-state index is 13.0. The molecular formula is C18H28N4O2. The number of amides is 2. The van der Waals surface area contributed by atoms with Gasteiger partial charge in [0.2, 0.25) is 5.91 Å². The van der Waals surface area contributed by atoms with Gasteiger partial charge in [-0.05, 0) is 32.6 Å². The Morgan fingerprint density at radius 3 is 2.92 bits per heavy atom. The van der Waals surface area contributed by atoms with Gasteiger partial charge >= 0.3 is 0 Å². The Morgan fingerprint density at radius 2 is 2.17 bits per heavy atom. The number of H-pyrrole nitrogens is 1. The molecule has 0 aromatic carbocycles. The number of aromatic amines is 1. The summed E-state index contributed by atoms with van der Waals surface area (Å²) in [6.45, 7) is 7.24. The number of carbonyl (C=O) groups excluding carboxylic acids is 2. The number of nitrogens with zero attached hydrogens (tertiary/aromatic N) is 3. The molecule has 1 atom stereocenters. The molecule has 0 aliphatic carbocycles. The molecule has 24 heavy (non-hydrogen) atoms. The highest BCUT2D eigenvalue weighted by molar-refractivity contribution is 5.95. The molecule has 1 aromatic rings. The first-order valence-electron chi connectivity index (χ1n) is 9.18. The van der Waals surface area contributed by atoms with E-state index in [1.165, 1.54) is 0 Å². The number of piperidine rings is 2. The number of rotatable bonds is 4. The highest BCUT2D eigenvalue weighted by atomic mass is 16.2. The standard InChI is InChI=1S/C18H28N4O2/c1-3-6-15-14(11-19-20-15)17(24)22-10-5-8-18(13-22)9-7-16(23)21(4-2)12-18/h11H,3-10,12-13H2,1-2H3,(H,19,20)/t18-/m1/s1. The lowest BCUT2D eigenvalue weighted by Crippen LogP contribution is -2.55. The van der Waals surface area contributed by atoms with Crippen LogP contribution in [0.15, 0.2) is 6.20 Å². The second kappa shape index (κ2) is 6.95. The molecule has 132 valence electrons. The normalized spacial score (nSPS) is 24.7. The molecule has 1 spiro atoms. The number of likely N-dealkylation sites (tertiary alicyclic amines) is 2. The predicted octanol–water partition coefficient (Wildman–Crippen LogP) is 2.23. The van der Waals surface area contributed by atoms with Crippen LogP contribution in [0.4, 0.5) is 0 Å². The minimum absolute atomic E-state index is 0.0759. The SMILES string of the molecule is CCCc1[nH]ncc1C(=O)N1CCC[C@]2(CCC(=O)N(CC)C2)C1. The average Bonchev–Trinajstić information content (AvgIpc) is 3.05. The zero-order valence-electron chi connectivity index (χ0n) is 14.8. The molecule has 2 fully saturated rings. The molecule has 0 radical (unpaired) electrons. The van der Waals surface area contributed by atoms with Gasteiger partial charge in [-0.15, -0.1) is 0 Å². The van der Waals surface area contributed by atoms with Crippen LogP contribution in [-0.4, -0.2) is 58.0 Å². The fraction of sp³-hybridized carbons (Fsp3) is 0.722. The van der Waals surface area contributed by atoms with E-state index >= 15 is 0 Å². The first-order valence-corrected chi connectivity index (χ1v) is 9.18. The molecule has 0 saturated carbocycles. The van der Waals surface area contributed by atoms with Crippen molar-refractivity contribution in [2.75, 3.05) is 26.2 Å². The zero-order chi connectivity index (χ0) is 17.2. The van der Waals surface area contributed by atoms with Crippen LogP contribution in [-0.2, 0) is 11.2 Å². The largest absolute Gasteiger partial charge is 0.342 e. The predicted molar refractivity (Wildman–Crippen MR) is 91.6 cm³/mol. The summed E-state index contributed by atoms with van der Waals surface area (Å²) in [6.07, 6.45) is 7.13. The minimum Gasteiger partial charge on any atom is -0.342 e. The van der Waals surface area contributed by atoms with Crippen molar-refractivity contribution < 1.29 is 9.59 Å². The number of hydrogen-bond acceptors (Lipinski definition) is 3. The van der Waals surface area contributed by atoms with Crippen molar-refractivity contribution in [3.63, 3.8) is 0 Å². The summed E-state index contributed by atoms with van der Waals surface area (Å²) in [6, 6.07) is 0. The Labute approximate surface area is 143 Å². The summed E-state index contributed by atoms with van der Waals surface area (Å²) in [4.78, 5) is 28.9. The van der Waals surface area contributed by atoms with Crippen LogP contribution in [0.1, 0.15) is 62.0 Å². The van der Waals surface area contributed by atoms with Crippen LogP contribution in [0, 0.1) is 5.41 Å². The lowest BCUT2D eigenvalue weighted by molar-refractivity contribution is -0.138. The van der Waals surface area contributed by atoms with Gasteiger partial charge in [-0.2, -0.15) is 5.10 Å². The third kappa shape index (κ3) is 3.19. The Kier molecular flexibility index (Phi) is 4.92.